The van der Waals surface area contributed by atoms with Gasteiger partial charge in [-0.2, -0.15) is 10.5 Å². The molecule has 0 spiro atoms. The van der Waals surface area contributed by atoms with Crippen molar-refractivity contribution in [3.63, 3.8) is 0 Å². The molecule has 1 fully saturated rings. The minimum atomic E-state index is -0.477. The lowest BCUT2D eigenvalue weighted by molar-refractivity contribution is 0.172. The average molecular weight is 491 g/mol. The van der Waals surface area contributed by atoms with Gasteiger partial charge in [0.05, 0.1) is 18.0 Å². The summed E-state index contributed by atoms with van der Waals surface area (Å²) in [6.07, 6.45) is 3.74. The Hall–Kier alpha value is -3.62. The van der Waals surface area contributed by atoms with E-state index in [2.05, 4.69) is 52.2 Å². The van der Waals surface area contributed by atoms with Crippen LogP contribution in [0.4, 0.5) is 4.39 Å². The van der Waals surface area contributed by atoms with E-state index in [9.17, 15) is 9.65 Å². The molecule has 0 saturated carbocycles. The van der Waals surface area contributed by atoms with Crippen molar-refractivity contribution in [2.24, 2.45) is 10.9 Å². The van der Waals surface area contributed by atoms with Gasteiger partial charge in [-0.25, -0.2) is 9.38 Å². The molecule has 8 heteroatoms. The highest BCUT2D eigenvalue weighted by Gasteiger charge is 2.35. The Morgan fingerprint density at radius 2 is 1.78 bits per heavy atom. The molecule has 0 aromatic heterocycles. The Morgan fingerprint density at radius 3 is 2.39 bits per heavy atom. The molecular weight excluding hydrogens is 455 g/mol. The number of piperazine rings is 1. The molecule has 1 unspecified atom stereocenters. The van der Waals surface area contributed by atoms with Gasteiger partial charge in [-0.15, -0.1) is 0 Å². The summed E-state index contributed by atoms with van der Waals surface area (Å²) in [6, 6.07) is 18.6. The SMILES string of the molecule is CC(C)C(C#N)(CCCN1CCN(C(=NCCOc2ccc(F)cc2)NC#N)CC1)c1ccccc1. The van der Waals surface area contributed by atoms with Crippen molar-refractivity contribution < 1.29 is 9.13 Å². The number of ether oxygens (including phenoxy) is 1. The second-order valence-electron chi connectivity index (χ2n) is 9.28. The van der Waals surface area contributed by atoms with Crippen LogP contribution in [0.3, 0.4) is 0 Å². The van der Waals surface area contributed by atoms with Crippen LogP contribution in [0.15, 0.2) is 59.6 Å². The van der Waals surface area contributed by atoms with Crippen LogP contribution < -0.4 is 10.1 Å². The Kier molecular flexibility index (Phi) is 10.1. The van der Waals surface area contributed by atoms with Crippen LogP contribution in [-0.2, 0) is 5.41 Å². The number of nitrogens with one attached hydrogen (secondary N) is 1. The van der Waals surface area contributed by atoms with Gasteiger partial charge >= 0.3 is 0 Å². The Bertz CT molecular complexity index is 1050. The van der Waals surface area contributed by atoms with Gasteiger partial charge in [-0.1, -0.05) is 44.2 Å². The highest BCUT2D eigenvalue weighted by atomic mass is 19.1. The molecule has 0 amide bonds. The van der Waals surface area contributed by atoms with Crippen molar-refractivity contribution in [3.05, 3.63) is 66.0 Å². The highest BCUT2D eigenvalue weighted by Crippen LogP contribution is 2.36. The van der Waals surface area contributed by atoms with Gasteiger partial charge in [-0.3, -0.25) is 10.2 Å². The second-order valence-corrected chi connectivity index (χ2v) is 9.28. The van der Waals surface area contributed by atoms with Gasteiger partial charge in [0.1, 0.15) is 18.2 Å². The fourth-order valence-electron chi connectivity index (χ4n) is 4.63. The molecule has 1 aliphatic heterocycles. The highest BCUT2D eigenvalue weighted by molar-refractivity contribution is 5.81. The zero-order chi connectivity index (χ0) is 25.8. The van der Waals surface area contributed by atoms with E-state index >= 15 is 0 Å². The maximum Gasteiger partial charge on any atom is 0.207 e. The summed E-state index contributed by atoms with van der Waals surface area (Å²) >= 11 is 0. The number of hydrogen-bond acceptors (Lipinski definition) is 5. The van der Waals surface area contributed by atoms with E-state index in [1.54, 1.807) is 12.1 Å². The van der Waals surface area contributed by atoms with Crippen LogP contribution in [0.2, 0.25) is 0 Å². The molecule has 3 rings (SSSR count). The zero-order valence-electron chi connectivity index (χ0n) is 21.2. The molecule has 0 bridgehead atoms. The fraction of sp³-hybridized carbons (Fsp3) is 0.464. The number of halogens is 1. The van der Waals surface area contributed by atoms with Crippen molar-refractivity contribution in [1.29, 1.82) is 10.5 Å². The first-order valence-corrected chi connectivity index (χ1v) is 12.5. The van der Waals surface area contributed by atoms with Gasteiger partial charge in [0.15, 0.2) is 6.19 Å². The number of aliphatic imine (C=N–C) groups is 1. The normalized spacial score (nSPS) is 16.2. The lowest BCUT2D eigenvalue weighted by atomic mass is 9.70. The summed E-state index contributed by atoms with van der Waals surface area (Å²) in [6.45, 7) is 9.16. The second kappa shape index (κ2) is 13.5. The minimum absolute atomic E-state index is 0.226. The lowest BCUT2D eigenvalue weighted by Gasteiger charge is -2.37. The third-order valence-electron chi connectivity index (χ3n) is 6.79. The first-order valence-electron chi connectivity index (χ1n) is 12.5. The van der Waals surface area contributed by atoms with Crippen molar-refractivity contribution >= 4 is 5.96 Å². The zero-order valence-corrected chi connectivity index (χ0v) is 21.2. The molecule has 1 atom stereocenters. The molecular formula is C28H35FN6O. The van der Waals surface area contributed by atoms with E-state index in [1.165, 1.54) is 12.1 Å². The van der Waals surface area contributed by atoms with E-state index in [0.29, 0.717) is 24.9 Å². The summed E-state index contributed by atoms with van der Waals surface area (Å²) in [5.41, 5.74) is 0.620. The maximum absolute atomic E-state index is 13.0. The molecule has 1 heterocycles. The van der Waals surface area contributed by atoms with Gasteiger partial charge in [0.25, 0.3) is 0 Å². The van der Waals surface area contributed by atoms with Gasteiger partial charge in [0, 0.05) is 26.2 Å². The number of nitriles is 2. The average Bonchev–Trinajstić information content (AvgIpc) is 2.90. The minimum Gasteiger partial charge on any atom is -0.492 e. The van der Waals surface area contributed by atoms with Crippen LogP contribution in [0.5, 0.6) is 5.75 Å². The van der Waals surface area contributed by atoms with E-state index in [-0.39, 0.29) is 11.7 Å². The summed E-state index contributed by atoms with van der Waals surface area (Å²) < 4.78 is 18.6. The Balaban J connectivity index is 1.47. The van der Waals surface area contributed by atoms with E-state index in [1.807, 2.05) is 24.4 Å². The summed E-state index contributed by atoms with van der Waals surface area (Å²) in [4.78, 5) is 9.00. The number of guanidine groups is 1. The Morgan fingerprint density at radius 1 is 1.08 bits per heavy atom. The van der Waals surface area contributed by atoms with Crippen LogP contribution >= 0.6 is 0 Å². The Labute approximate surface area is 213 Å². The largest absolute Gasteiger partial charge is 0.492 e. The number of rotatable bonds is 10. The quantitative estimate of drug-likeness (QED) is 0.177. The molecule has 1 aliphatic rings. The predicted octanol–water partition coefficient (Wildman–Crippen LogP) is 4.15. The molecule has 190 valence electrons. The maximum atomic E-state index is 13.0. The number of hydrogen-bond donors (Lipinski definition) is 1. The number of benzene rings is 2. The monoisotopic (exact) mass is 490 g/mol. The summed E-state index contributed by atoms with van der Waals surface area (Å²) in [5, 5.41) is 22.0. The van der Waals surface area contributed by atoms with Gasteiger partial charge < -0.3 is 9.64 Å². The van der Waals surface area contributed by atoms with Crippen LogP contribution in [0, 0.1) is 34.5 Å². The smallest absolute Gasteiger partial charge is 0.207 e. The van der Waals surface area contributed by atoms with Crippen LogP contribution in [-0.4, -0.2) is 61.6 Å². The number of nitrogens with zero attached hydrogens (tertiary/aromatic N) is 5. The van der Waals surface area contributed by atoms with Crippen LogP contribution in [0.25, 0.3) is 0 Å². The first-order chi connectivity index (χ1) is 17.5. The van der Waals surface area contributed by atoms with Crippen LogP contribution in [0.1, 0.15) is 32.3 Å². The molecule has 0 radical (unpaired) electrons. The lowest BCUT2D eigenvalue weighted by Crippen LogP contribution is -2.52. The third-order valence-corrected chi connectivity index (χ3v) is 6.79. The fourth-order valence-corrected chi connectivity index (χ4v) is 4.63. The van der Waals surface area contributed by atoms with Gasteiger partial charge in [-0.05, 0) is 55.1 Å². The van der Waals surface area contributed by atoms with Crippen molar-refractivity contribution in [2.45, 2.75) is 32.1 Å². The molecule has 2 aromatic rings. The van der Waals surface area contributed by atoms with E-state index < -0.39 is 5.41 Å². The molecule has 1 saturated heterocycles. The van der Waals surface area contributed by atoms with Gasteiger partial charge in [0.2, 0.25) is 5.96 Å². The molecule has 0 aliphatic carbocycles. The van der Waals surface area contributed by atoms with Crippen molar-refractivity contribution in [3.8, 4) is 18.0 Å². The van der Waals surface area contributed by atoms with Crippen molar-refractivity contribution in [2.75, 3.05) is 45.9 Å². The third kappa shape index (κ3) is 7.19. The molecule has 7 nitrogen and oxygen atoms in total. The van der Waals surface area contributed by atoms with E-state index in [4.69, 9.17) is 10.00 Å². The topological polar surface area (TPSA) is 87.7 Å². The van der Waals surface area contributed by atoms with Crippen molar-refractivity contribution in [1.82, 2.24) is 15.1 Å². The molecule has 2 aromatic carbocycles. The molecule has 1 N–H and O–H groups in total. The van der Waals surface area contributed by atoms with E-state index in [0.717, 1.165) is 51.1 Å². The predicted molar refractivity (Wildman–Crippen MR) is 139 cm³/mol. The summed E-state index contributed by atoms with van der Waals surface area (Å²) in [7, 11) is 0. The first kappa shape index (κ1) is 27.0. The standard InChI is InChI=1S/C28H35FN6O/c1-23(2)28(21-30,24-7-4-3-5-8-24)13-6-15-34-16-18-35(19-17-34)27(33-22-31)32-14-20-36-26-11-9-25(29)10-12-26/h3-5,7-12,23H,6,13-20H2,1-2H3,(H,32,33). The summed E-state index contributed by atoms with van der Waals surface area (Å²) in [5.74, 6) is 1.05. The molecule has 36 heavy (non-hydrogen) atoms.